The highest BCUT2D eigenvalue weighted by molar-refractivity contribution is 5.97. The monoisotopic (exact) mass is 205 g/mol. The Morgan fingerprint density at radius 2 is 2.00 bits per heavy atom. The standard InChI is InChI=1S/C9H7N3O3/c10-12-11-9(14)15-6-8(13)7-4-2-1-3-5-7/h1-5H,6H2. The molecule has 0 aliphatic heterocycles. The number of azide groups is 1. The number of carbonyl (C=O) groups is 2. The van der Waals surface area contributed by atoms with Gasteiger partial charge in [-0.1, -0.05) is 30.3 Å². The Labute approximate surface area is 85.1 Å². The summed E-state index contributed by atoms with van der Waals surface area (Å²) in [5, 5.41) is 2.66. The molecule has 1 aromatic carbocycles. The van der Waals surface area contributed by atoms with Crippen molar-refractivity contribution < 1.29 is 14.3 Å². The van der Waals surface area contributed by atoms with Crippen LogP contribution in [0.3, 0.4) is 0 Å². The zero-order valence-corrected chi connectivity index (χ0v) is 7.66. The van der Waals surface area contributed by atoms with Crippen molar-refractivity contribution in [3.63, 3.8) is 0 Å². The van der Waals surface area contributed by atoms with Crippen molar-refractivity contribution in [3.05, 3.63) is 46.3 Å². The van der Waals surface area contributed by atoms with Crippen LogP contribution in [0.1, 0.15) is 10.4 Å². The van der Waals surface area contributed by atoms with Gasteiger partial charge < -0.3 is 4.74 Å². The maximum Gasteiger partial charge on any atom is 0.397 e. The number of carbonyl (C=O) groups excluding carboxylic acids is 2. The first-order chi connectivity index (χ1) is 7.24. The van der Waals surface area contributed by atoms with Gasteiger partial charge in [0.05, 0.1) is 0 Å². The molecule has 6 heteroatoms. The summed E-state index contributed by atoms with van der Waals surface area (Å²) < 4.78 is 4.39. The van der Waals surface area contributed by atoms with E-state index in [1.54, 1.807) is 30.3 Å². The van der Waals surface area contributed by atoms with Crippen LogP contribution < -0.4 is 0 Å². The van der Waals surface area contributed by atoms with E-state index in [2.05, 4.69) is 14.8 Å². The van der Waals surface area contributed by atoms with E-state index < -0.39 is 12.7 Å². The zero-order valence-electron chi connectivity index (χ0n) is 7.66. The van der Waals surface area contributed by atoms with Crippen molar-refractivity contribution in [2.75, 3.05) is 6.61 Å². The summed E-state index contributed by atoms with van der Waals surface area (Å²) in [6.45, 7) is -0.429. The number of ether oxygens (including phenoxy) is 1. The lowest BCUT2D eigenvalue weighted by atomic mass is 10.1. The van der Waals surface area contributed by atoms with Crippen LogP contribution in [0.5, 0.6) is 0 Å². The van der Waals surface area contributed by atoms with E-state index in [4.69, 9.17) is 5.53 Å². The Hall–Kier alpha value is -2.33. The summed E-state index contributed by atoms with van der Waals surface area (Å²) in [5.41, 5.74) is 8.33. The lowest BCUT2D eigenvalue weighted by Crippen LogP contribution is -2.11. The highest BCUT2D eigenvalue weighted by Gasteiger charge is 2.07. The van der Waals surface area contributed by atoms with Crippen LogP contribution in [-0.4, -0.2) is 18.5 Å². The molecular weight excluding hydrogens is 198 g/mol. The summed E-state index contributed by atoms with van der Waals surface area (Å²) in [6, 6.07) is 8.36. The van der Waals surface area contributed by atoms with E-state index in [-0.39, 0.29) is 5.78 Å². The van der Waals surface area contributed by atoms with Gasteiger partial charge in [-0.15, -0.1) is 0 Å². The van der Waals surface area contributed by atoms with Gasteiger partial charge in [0.15, 0.2) is 12.4 Å². The average Bonchev–Trinajstić information content (AvgIpc) is 2.27. The van der Waals surface area contributed by atoms with Gasteiger partial charge in [-0.3, -0.25) is 4.79 Å². The van der Waals surface area contributed by atoms with E-state index >= 15 is 0 Å². The molecular formula is C9H7N3O3. The topological polar surface area (TPSA) is 92.1 Å². The van der Waals surface area contributed by atoms with E-state index in [9.17, 15) is 9.59 Å². The molecule has 1 rings (SSSR count). The summed E-state index contributed by atoms with van der Waals surface area (Å²) in [5.74, 6) is -0.350. The van der Waals surface area contributed by atoms with Gasteiger partial charge in [-0.25, -0.2) is 4.79 Å². The van der Waals surface area contributed by atoms with Crippen LogP contribution in [0, 0.1) is 0 Å². The number of amides is 1. The first-order valence-electron chi connectivity index (χ1n) is 4.04. The molecule has 1 aromatic rings. The summed E-state index contributed by atoms with van der Waals surface area (Å²) in [6.07, 6.45) is -1.11. The average molecular weight is 205 g/mol. The molecule has 15 heavy (non-hydrogen) atoms. The highest BCUT2D eigenvalue weighted by Crippen LogP contribution is 2.00. The van der Waals surface area contributed by atoms with Gasteiger partial charge in [-0.05, 0) is 5.53 Å². The molecule has 0 atom stereocenters. The van der Waals surface area contributed by atoms with Crippen molar-refractivity contribution in [3.8, 4) is 0 Å². The third-order valence-corrected chi connectivity index (χ3v) is 1.55. The van der Waals surface area contributed by atoms with Crippen LogP contribution in [0.2, 0.25) is 0 Å². The molecule has 0 radical (unpaired) electrons. The van der Waals surface area contributed by atoms with Crippen molar-refractivity contribution in [2.24, 2.45) is 5.11 Å². The third kappa shape index (κ3) is 3.50. The van der Waals surface area contributed by atoms with Crippen LogP contribution in [-0.2, 0) is 4.74 Å². The fraction of sp³-hybridized carbons (Fsp3) is 0.111. The lowest BCUT2D eigenvalue weighted by Gasteiger charge is -2.00. The van der Waals surface area contributed by atoms with Gasteiger partial charge in [0.2, 0.25) is 0 Å². The third-order valence-electron chi connectivity index (χ3n) is 1.55. The smallest absolute Gasteiger partial charge is 0.397 e. The molecule has 0 aliphatic rings. The van der Waals surface area contributed by atoms with Crippen LogP contribution in [0.4, 0.5) is 4.79 Å². The number of nitrogens with zero attached hydrogens (tertiary/aromatic N) is 3. The van der Waals surface area contributed by atoms with E-state index in [0.717, 1.165) is 0 Å². The minimum atomic E-state index is -1.11. The normalized spacial score (nSPS) is 8.80. The van der Waals surface area contributed by atoms with Crippen molar-refractivity contribution >= 4 is 11.9 Å². The minimum Gasteiger partial charge on any atom is -0.452 e. The van der Waals surface area contributed by atoms with Gasteiger partial charge in [0.25, 0.3) is 0 Å². The van der Waals surface area contributed by atoms with Gasteiger partial charge in [0, 0.05) is 15.6 Å². The highest BCUT2D eigenvalue weighted by atomic mass is 16.5. The van der Waals surface area contributed by atoms with Crippen LogP contribution in [0.15, 0.2) is 35.4 Å². The lowest BCUT2D eigenvalue weighted by molar-refractivity contribution is 0.0858. The summed E-state index contributed by atoms with van der Waals surface area (Å²) in [7, 11) is 0. The minimum absolute atomic E-state index is 0.350. The molecule has 0 saturated heterocycles. The molecule has 0 aromatic heterocycles. The van der Waals surface area contributed by atoms with Crippen molar-refractivity contribution in [1.29, 1.82) is 0 Å². The molecule has 0 heterocycles. The second-order valence-electron chi connectivity index (χ2n) is 2.53. The molecule has 0 N–H and O–H groups in total. The molecule has 0 bridgehead atoms. The molecule has 1 amide bonds. The maximum atomic E-state index is 11.3. The predicted molar refractivity (Wildman–Crippen MR) is 51.3 cm³/mol. The fourth-order valence-corrected chi connectivity index (χ4v) is 0.900. The Morgan fingerprint density at radius 1 is 1.33 bits per heavy atom. The van der Waals surface area contributed by atoms with Crippen LogP contribution in [0.25, 0.3) is 10.4 Å². The van der Waals surface area contributed by atoms with E-state index in [1.165, 1.54) is 0 Å². The number of benzene rings is 1. The Kier molecular flexibility index (Phi) is 3.88. The number of Topliss-reactive ketones (excluding diaryl/α,β-unsaturated/α-hetero) is 1. The molecule has 0 unspecified atom stereocenters. The second-order valence-corrected chi connectivity index (χ2v) is 2.53. The first kappa shape index (κ1) is 10.7. The maximum absolute atomic E-state index is 11.3. The first-order valence-corrected chi connectivity index (χ1v) is 4.04. The Balaban J connectivity index is 2.51. The quantitative estimate of drug-likeness (QED) is 0.328. The number of ketones is 1. The van der Waals surface area contributed by atoms with E-state index in [0.29, 0.717) is 5.56 Å². The van der Waals surface area contributed by atoms with Crippen molar-refractivity contribution in [1.82, 2.24) is 0 Å². The summed E-state index contributed by atoms with van der Waals surface area (Å²) in [4.78, 5) is 24.2. The Bertz CT molecular complexity index is 410. The molecule has 76 valence electrons. The van der Waals surface area contributed by atoms with Gasteiger partial charge in [0.1, 0.15) is 0 Å². The number of hydrogen-bond donors (Lipinski definition) is 0. The molecule has 0 saturated carbocycles. The zero-order chi connectivity index (χ0) is 11.1. The number of rotatable bonds is 3. The largest absolute Gasteiger partial charge is 0.452 e. The molecule has 6 nitrogen and oxygen atoms in total. The van der Waals surface area contributed by atoms with Gasteiger partial charge >= 0.3 is 6.09 Å². The molecule has 0 aliphatic carbocycles. The summed E-state index contributed by atoms with van der Waals surface area (Å²) >= 11 is 0. The molecule has 0 fully saturated rings. The van der Waals surface area contributed by atoms with Crippen molar-refractivity contribution in [2.45, 2.75) is 0 Å². The number of hydrogen-bond acceptors (Lipinski definition) is 3. The van der Waals surface area contributed by atoms with Gasteiger partial charge in [-0.2, -0.15) is 0 Å². The molecule has 0 spiro atoms. The Morgan fingerprint density at radius 3 is 2.60 bits per heavy atom. The predicted octanol–water partition coefficient (Wildman–Crippen LogP) is 2.32. The van der Waals surface area contributed by atoms with Crippen LogP contribution >= 0.6 is 0 Å². The van der Waals surface area contributed by atoms with E-state index in [1.807, 2.05) is 0 Å². The second kappa shape index (κ2) is 5.41. The SMILES string of the molecule is [N-]=[N+]=NC(=O)OCC(=O)c1ccccc1. The fourth-order valence-electron chi connectivity index (χ4n) is 0.900.